The number of amides is 1. The number of thioether (sulfide) groups is 1. The summed E-state index contributed by atoms with van der Waals surface area (Å²) in [6.07, 6.45) is 0. The number of aromatic nitrogens is 2. The van der Waals surface area contributed by atoms with Crippen molar-refractivity contribution in [2.75, 3.05) is 5.75 Å². The van der Waals surface area contributed by atoms with E-state index < -0.39 is 17.7 Å². The van der Waals surface area contributed by atoms with Crippen molar-refractivity contribution in [3.63, 3.8) is 0 Å². The lowest BCUT2D eigenvalue weighted by molar-refractivity contribution is -0.119. The SMILES string of the molecule is Cc1ccc2nc(SCC(=O)N[C@H](C)c3ccc(F)cc3F)[nH]c2c1. The molecule has 3 rings (SSSR count). The van der Waals surface area contributed by atoms with Gasteiger partial charge in [0.15, 0.2) is 5.16 Å². The lowest BCUT2D eigenvalue weighted by Crippen LogP contribution is -2.28. The average Bonchev–Trinajstić information content (AvgIpc) is 2.94. The van der Waals surface area contributed by atoms with Crippen molar-refractivity contribution < 1.29 is 13.6 Å². The number of imidazole rings is 1. The first-order valence-corrected chi connectivity index (χ1v) is 8.74. The van der Waals surface area contributed by atoms with E-state index in [1.807, 2.05) is 25.1 Å². The van der Waals surface area contributed by atoms with Crippen LogP contribution in [0.15, 0.2) is 41.6 Å². The van der Waals surface area contributed by atoms with Gasteiger partial charge in [0, 0.05) is 11.6 Å². The number of rotatable bonds is 5. The number of hydrogen-bond acceptors (Lipinski definition) is 3. The molecule has 0 saturated carbocycles. The van der Waals surface area contributed by atoms with Gasteiger partial charge in [-0.1, -0.05) is 23.9 Å². The molecule has 1 aromatic heterocycles. The Morgan fingerprint density at radius 2 is 2.08 bits per heavy atom. The molecule has 1 amide bonds. The quantitative estimate of drug-likeness (QED) is 0.672. The van der Waals surface area contributed by atoms with Crippen molar-refractivity contribution in [1.82, 2.24) is 15.3 Å². The number of nitrogens with one attached hydrogen (secondary N) is 2. The van der Waals surface area contributed by atoms with Crippen molar-refractivity contribution >= 4 is 28.7 Å². The van der Waals surface area contributed by atoms with Crippen LogP contribution in [0, 0.1) is 18.6 Å². The largest absolute Gasteiger partial charge is 0.349 e. The number of nitrogens with zero attached hydrogens (tertiary/aromatic N) is 1. The molecule has 7 heteroatoms. The minimum Gasteiger partial charge on any atom is -0.349 e. The Balaban J connectivity index is 1.60. The van der Waals surface area contributed by atoms with E-state index in [1.54, 1.807) is 6.92 Å². The van der Waals surface area contributed by atoms with Crippen LogP contribution in [0.3, 0.4) is 0 Å². The van der Waals surface area contributed by atoms with E-state index in [0.29, 0.717) is 5.16 Å². The van der Waals surface area contributed by atoms with Gasteiger partial charge in [-0.3, -0.25) is 4.79 Å². The summed E-state index contributed by atoms with van der Waals surface area (Å²) in [4.78, 5) is 19.7. The number of carbonyl (C=O) groups excluding carboxylic acids is 1. The Labute approximate surface area is 148 Å². The maximum atomic E-state index is 13.7. The first-order valence-electron chi connectivity index (χ1n) is 7.76. The number of H-pyrrole nitrogens is 1. The number of aromatic amines is 1. The van der Waals surface area contributed by atoms with Gasteiger partial charge in [0.05, 0.1) is 22.8 Å². The Morgan fingerprint density at radius 3 is 2.84 bits per heavy atom. The predicted molar refractivity (Wildman–Crippen MR) is 94.5 cm³/mol. The summed E-state index contributed by atoms with van der Waals surface area (Å²) in [5, 5.41) is 3.36. The van der Waals surface area contributed by atoms with E-state index in [9.17, 15) is 13.6 Å². The van der Waals surface area contributed by atoms with Crippen molar-refractivity contribution in [2.45, 2.75) is 25.0 Å². The Kier molecular flexibility index (Phi) is 5.03. The second-order valence-electron chi connectivity index (χ2n) is 5.81. The smallest absolute Gasteiger partial charge is 0.230 e. The molecule has 0 bridgehead atoms. The Hall–Kier alpha value is -2.41. The summed E-state index contributed by atoms with van der Waals surface area (Å²) in [5.74, 6) is -1.42. The molecular weight excluding hydrogens is 344 g/mol. The van der Waals surface area contributed by atoms with E-state index in [2.05, 4.69) is 15.3 Å². The molecule has 0 aliphatic carbocycles. The number of benzene rings is 2. The van der Waals surface area contributed by atoms with Crippen molar-refractivity contribution in [2.24, 2.45) is 0 Å². The minimum atomic E-state index is -0.673. The maximum Gasteiger partial charge on any atom is 0.230 e. The van der Waals surface area contributed by atoms with Gasteiger partial charge in [0.2, 0.25) is 5.91 Å². The van der Waals surface area contributed by atoms with Gasteiger partial charge in [-0.05, 0) is 37.6 Å². The van der Waals surface area contributed by atoms with E-state index in [1.165, 1.54) is 23.9 Å². The number of carbonyl (C=O) groups is 1. The van der Waals surface area contributed by atoms with Crippen LogP contribution >= 0.6 is 11.8 Å². The van der Waals surface area contributed by atoms with Gasteiger partial charge in [0.25, 0.3) is 0 Å². The topological polar surface area (TPSA) is 57.8 Å². The molecule has 0 fully saturated rings. The molecule has 0 radical (unpaired) electrons. The second-order valence-corrected chi connectivity index (χ2v) is 6.77. The van der Waals surface area contributed by atoms with Crippen LogP contribution in [0.5, 0.6) is 0 Å². The summed E-state index contributed by atoms with van der Waals surface area (Å²) in [5.41, 5.74) is 3.14. The van der Waals surface area contributed by atoms with Crippen LogP contribution in [0.1, 0.15) is 24.1 Å². The summed E-state index contributed by atoms with van der Waals surface area (Å²) in [6.45, 7) is 3.65. The normalized spacial score (nSPS) is 12.3. The van der Waals surface area contributed by atoms with Gasteiger partial charge in [-0.2, -0.15) is 0 Å². The molecule has 1 heterocycles. The maximum absolute atomic E-state index is 13.7. The van der Waals surface area contributed by atoms with Gasteiger partial charge in [0.1, 0.15) is 11.6 Å². The zero-order chi connectivity index (χ0) is 18.0. The van der Waals surface area contributed by atoms with Crippen LogP contribution < -0.4 is 5.32 Å². The lowest BCUT2D eigenvalue weighted by Gasteiger charge is -2.14. The van der Waals surface area contributed by atoms with Crippen LogP contribution in [0.2, 0.25) is 0 Å². The lowest BCUT2D eigenvalue weighted by atomic mass is 10.1. The van der Waals surface area contributed by atoms with Crippen molar-refractivity contribution in [1.29, 1.82) is 0 Å². The predicted octanol–water partition coefficient (Wildman–Crippen LogP) is 4.12. The van der Waals surface area contributed by atoms with Gasteiger partial charge < -0.3 is 10.3 Å². The number of halogens is 2. The van der Waals surface area contributed by atoms with Crippen LogP contribution in [0.25, 0.3) is 11.0 Å². The third kappa shape index (κ3) is 4.17. The standard InChI is InChI=1S/C18H17F2N3OS/c1-10-3-6-15-16(7-10)23-18(22-15)25-9-17(24)21-11(2)13-5-4-12(19)8-14(13)20/h3-8,11H,9H2,1-2H3,(H,21,24)(H,22,23)/t11-/m1/s1. The highest BCUT2D eigenvalue weighted by Gasteiger charge is 2.15. The van der Waals surface area contributed by atoms with Crippen LogP contribution in [-0.4, -0.2) is 21.6 Å². The highest BCUT2D eigenvalue weighted by molar-refractivity contribution is 7.99. The highest BCUT2D eigenvalue weighted by Crippen LogP contribution is 2.21. The summed E-state index contributed by atoms with van der Waals surface area (Å²) in [7, 11) is 0. The number of aryl methyl sites for hydroxylation is 1. The molecular formula is C18H17F2N3OS. The molecule has 0 aliphatic rings. The number of hydrogen-bond donors (Lipinski definition) is 2. The molecule has 0 spiro atoms. The fourth-order valence-electron chi connectivity index (χ4n) is 2.52. The Bertz CT molecular complexity index is 926. The first kappa shape index (κ1) is 17.4. The fourth-order valence-corrected chi connectivity index (χ4v) is 3.21. The zero-order valence-corrected chi connectivity index (χ0v) is 14.6. The molecule has 0 unspecified atom stereocenters. The molecule has 2 N–H and O–H groups in total. The molecule has 3 aromatic rings. The van der Waals surface area contributed by atoms with Gasteiger partial charge in [-0.25, -0.2) is 13.8 Å². The molecule has 0 aliphatic heterocycles. The van der Waals surface area contributed by atoms with E-state index in [4.69, 9.17) is 0 Å². The number of fused-ring (bicyclic) bond motifs is 1. The summed E-state index contributed by atoms with van der Waals surface area (Å²) >= 11 is 1.27. The minimum absolute atomic E-state index is 0.145. The third-order valence-electron chi connectivity index (χ3n) is 3.76. The third-order valence-corrected chi connectivity index (χ3v) is 4.64. The summed E-state index contributed by atoms with van der Waals surface area (Å²) in [6, 6.07) is 8.66. The molecule has 4 nitrogen and oxygen atoms in total. The molecule has 1 atom stereocenters. The average molecular weight is 361 g/mol. The second kappa shape index (κ2) is 7.23. The van der Waals surface area contributed by atoms with E-state index in [-0.39, 0.29) is 17.2 Å². The van der Waals surface area contributed by atoms with Gasteiger partial charge >= 0.3 is 0 Å². The van der Waals surface area contributed by atoms with E-state index >= 15 is 0 Å². The van der Waals surface area contributed by atoms with Crippen molar-refractivity contribution in [3.05, 3.63) is 59.2 Å². The summed E-state index contributed by atoms with van der Waals surface area (Å²) < 4.78 is 26.7. The molecule has 130 valence electrons. The monoisotopic (exact) mass is 361 g/mol. The first-order chi connectivity index (χ1) is 11.9. The van der Waals surface area contributed by atoms with Crippen LogP contribution in [0.4, 0.5) is 8.78 Å². The molecule has 25 heavy (non-hydrogen) atoms. The Morgan fingerprint density at radius 1 is 1.28 bits per heavy atom. The fraction of sp³-hybridized carbons (Fsp3) is 0.222. The van der Waals surface area contributed by atoms with Crippen LogP contribution in [-0.2, 0) is 4.79 Å². The zero-order valence-electron chi connectivity index (χ0n) is 13.8. The van der Waals surface area contributed by atoms with Gasteiger partial charge in [-0.15, -0.1) is 0 Å². The van der Waals surface area contributed by atoms with Crippen molar-refractivity contribution in [3.8, 4) is 0 Å². The highest BCUT2D eigenvalue weighted by atomic mass is 32.2. The molecule has 0 saturated heterocycles. The molecule has 2 aromatic carbocycles. The van der Waals surface area contributed by atoms with E-state index in [0.717, 1.165) is 22.7 Å².